The van der Waals surface area contributed by atoms with Crippen molar-refractivity contribution < 1.29 is 13.2 Å². The number of aromatic nitrogens is 2. The second kappa shape index (κ2) is 4.84. The molecule has 1 aromatic heterocycles. The van der Waals surface area contributed by atoms with Crippen molar-refractivity contribution in [1.29, 1.82) is 0 Å². The number of hydrogen-bond acceptors (Lipinski definition) is 4. The fourth-order valence-electron chi connectivity index (χ4n) is 1.32. The van der Waals surface area contributed by atoms with Crippen LogP contribution in [0.5, 0.6) is 0 Å². The minimum Gasteiger partial charge on any atom is -0.350 e. The molecule has 8 heteroatoms. The summed E-state index contributed by atoms with van der Waals surface area (Å²) in [6.45, 7) is 3.55. The molecule has 0 saturated heterocycles. The van der Waals surface area contributed by atoms with Crippen LogP contribution in [0.15, 0.2) is 12.4 Å². The van der Waals surface area contributed by atoms with Gasteiger partial charge in [0.05, 0.1) is 18.0 Å². The lowest BCUT2D eigenvalue weighted by atomic mass is 10.1. The number of aromatic amines is 1. The summed E-state index contributed by atoms with van der Waals surface area (Å²) in [5.74, 6) is -0.304. The van der Waals surface area contributed by atoms with E-state index in [0.29, 0.717) is 5.56 Å². The van der Waals surface area contributed by atoms with E-state index >= 15 is 0 Å². The van der Waals surface area contributed by atoms with E-state index in [2.05, 4.69) is 20.2 Å². The van der Waals surface area contributed by atoms with Crippen LogP contribution in [-0.2, 0) is 10.0 Å². The molecule has 0 radical (unpaired) electrons. The molecule has 96 valence electrons. The van der Waals surface area contributed by atoms with Crippen molar-refractivity contribution in [3.63, 3.8) is 0 Å². The smallest absolute Gasteiger partial charge is 0.254 e. The normalized spacial score (nSPS) is 12.4. The Kier molecular flexibility index (Phi) is 3.89. The zero-order chi connectivity index (χ0) is 13.1. The van der Waals surface area contributed by atoms with E-state index in [-0.39, 0.29) is 12.5 Å². The van der Waals surface area contributed by atoms with E-state index < -0.39 is 15.6 Å². The first-order valence-electron chi connectivity index (χ1n) is 4.95. The lowest BCUT2D eigenvalue weighted by Crippen LogP contribution is -2.50. The van der Waals surface area contributed by atoms with Gasteiger partial charge in [-0.2, -0.15) is 5.10 Å². The topological polar surface area (TPSA) is 104 Å². The molecular weight excluding hydrogens is 244 g/mol. The number of hydrogen-bond donors (Lipinski definition) is 3. The van der Waals surface area contributed by atoms with Crippen LogP contribution in [0.25, 0.3) is 0 Å². The van der Waals surface area contributed by atoms with Gasteiger partial charge < -0.3 is 5.32 Å². The van der Waals surface area contributed by atoms with E-state index in [1.807, 2.05) is 0 Å². The Morgan fingerprint density at radius 2 is 2.18 bits per heavy atom. The van der Waals surface area contributed by atoms with Crippen LogP contribution in [0.2, 0.25) is 0 Å². The van der Waals surface area contributed by atoms with Gasteiger partial charge in [-0.1, -0.05) is 0 Å². The molecule has 1 amide bonds. The summed E-state index contributed by atoms with van der Waals surface area (Å²) in [4.78, 5) is 11.6. The summed E-state index contributed by atoms with van der Waals surface area (Å²) in [5.41, 5.74) is -0.340. The van der Waals surface area contributed by atoms with E-state index in [4.69, 9.17) is 0 Å². The molecule has 0 saturated carbocycles. The summed E-state index contributed by atoms with van der Waals surface area (Å²) in [5, 5.41) is 8.80. The van der Waals surface area contributed by atoms with Crippen LogP contribution in [0.4, 0.5) is 0 Å². The number of carbonyl (C=O) groups excluding carboxylic acids is 1. The van der Waals surface area contributed by atoms with E-state index in [1.165, 1.54) is 12.4 Å². The summed E-state index contributed by atoms with van der Waals surface area (Å²) in [7, 11) is -3.30. The lowest BCUT2D eigenvalue weighted by Gasteiger charge is -2.25. The summed E-state index contributed by atoms with van der Waals surface area (Å²) < 4.78 is 24.6. The van der Waals surface area contributed by atoms with Crippen LogP contribution >= 0.6 is 0 Å². The van der Waals surface area contributed by atoms with Crippen molar-refractivity contribution in [1.82, 2.24) is 20.2 Å². The largest absolute Gasteiger partial charge is 0.350 e. The van der Waals surface area contributed by atoms with Crippen molar-refractivity contribution in [2.75, 3.05) is 12.8 Å². The molecule has 17 heavy (non-hydrogen) atoms. The number of sulfonamides is 1. The van der Waals surface area contributed by atoms with Gasteiger partial charge in [0.1, 0.15) is 0 Å². The first-order chi connectivity index (χ1) is 7.70. The van der Waals surface area contributed by atoms with Crippen LogP contribution in [0.1, 0.15) is 24.2 Å². The molecule has 0 aliphatic rings. The van der Waals surface area contributed by atoms with Gasteiger partial charge in [0, 0.05) is 18.3 Å². The summed E-state index contributed by atoms with van der Waals surface area (Å²) in [6, 6.07) is 0. The van der Waals surface area contributed by atoms with Crippen LogP contribution < -0.4 is 10.0 Å². The van der Waals surface area contributed by atoms with Crippen molar-refractivity contribution in [2.45, 2.75) is 19.4 Å². The van der Waals surface area contributed by atoms with Crippen molar-refractivity contribution >= 4 is 15.9 Å². The summed E-state index contributed by atoms with van der Waals surface area (Å²) >= 11 is 0. The lowest BCUT2D eigenvalue weighted by molar-refractivity contribution is 0.0944. The van der Waals surface area contributed by atoms with Crippen LogP contribution in [0.3, 0.4) is 0 Å². The fourth-order valence-corrected chi connectivity index (χ4v) is 2.39. The maximum absolute atomic E-state index is 11.6. The second-order valence-electron chi connectivity index (χ2n) is 4.43. The fraction of sp³-hybridized carbons (Fsp3) is 0.556. The van der Waals surface area contributed by atoms with Gasteiger partial charge in [-0.05, 0) is 13.8 Å². The van der Waals surface area contributed by atoms with Crippen molar-refractivity contribution in [3.05, 3.63) is 18.0 Å². The number of rotatable bonds is 5. The Hall–Kier alpha value is -1.41. The zero-order valence-electron chi connectivity index (χ0n) is 9.94. The van der Waals surface area contributed by atoms with Crippen molar-refractivity contribution in [2.24, 2.45) is 0 Å². The molecule has 0 fully saturated rings. The second-order valence-corrected chi connectivity index (χ2v) is 6.18. The number of nitrogens with one attached hydrogen (secondary N) is 3. The van der Waals surface area contributed by atoms with Gasteiger partial charge in [-0.3, -0.25) is 9.89 Å². The molecule has 0 spiro atoms. The highest BCUT2D eigenvalue weighted by atomic mass is 32.2. The molecule has 0 aromatic carbocycles. The number of amides is 1. The van der Waals surface area contributed by atoms with Gasteiger partial charge in [0.2, 0.25) is 10.0 Å². The van der Waals surface area contributed by atoms with Crippen molar-refractivity contribution in [3.8, 4) is 0 Å². The highest BCUT2D eigenvalue weighted by Gasteiger charge is 2.23. The molecule has 0 aliphatic carbocycles. The Labute approximate surface area is 100 Å². The molecule has 0 aliphatic heterocycles. The van der Waals surface area contributed by atoms with E-state index in [1.54, 1.807) is 13.8 Å². The third-order valence-electron chi connectivity index (χ3n) is 1.91. The summed E-state index contributed by atoms with van der Waals surface area (Å²) in [6.07, 6.45) is 3.94. The Morgan fingerprint density at radius 3 is 2.65 bits per heavy atom. The zero-order valence-corrected chi connectivity index (χ0v) is 10.8. The van der Waals surface area contributed by atoms with Crippen LogP contribution in [0, 0.1) is 0 Å². The van der Waals surface area contributed by atoms with Gasteiger partial charge in [-0.15, -0.1) is 0 Å². The Balaban J connectivity index is 2.53. The predicted octanol–water partition coefficient (Wildman–Crippen LogP) is -0.533. The number of nitrogens with zero attached hydrogens (tertiary/aromatic N) is 1. The Bertz CT molecular complexity index is 478. The molecule has 0 atom stereocenters. The average Bonchev–Trinajstić information content (AvgIpc) is 2.63. The first kappa shape index (κ1) is 13.7. The third-order valence-corrected chi connectivity index (χ3v) is 2.84. The van der Waals surface area contributed by atoms with Crippen LogP contribution in [-0.4, -0.2) is 42.9 Å². The minimum atomic E-state index is -3.30. The highest BCUT2D eigenvalue weighted by Crippen LogP contribution is 2.03. The molecule has 1 heterocycles. The molecule has 0 unspecified atom stereocenters. The molecule has 3 N–H and O–H groups in total. The van der Waals surface area contributed by atoms with Gasteiger partial charge >= 0.3 is 0 Å². The van der Waals surface area contributed by atoms with Gasteiger partial charge in [0.25, 0.3) is 5.91 Å². The number of carbonyl (C=O) groups is 1. The Morgan fingerprint density at radius 1 is 1.53 bits per heavy atom. The van der Waals surface area contributed by atoms with E-state index in [9.17, 15) is 13.2 Å². The SMILES string of the molecule is CC(C)(CNC(=O)c1cn[nH]c1)NS(C)(=O)=O. The molecule has 1 aromatic rings. The predicted molar refractivity (Wildman–Crippen MR) is 63.0 cm³/mol. The molecule has 0 bridgehead atoms. The first-order valence-corrected chi connectivity index (χ1v) is 6.85. The van der Waals surface area contributed by atoms with Gasteiger partial charge in [0.15, 0.2) is 0 Å². The molecule has 1 rings (SSSR count). The molecular formula is C9H16N4O3S. The standard InChI is InChI=1S/C9H16N4O3S/c1-9(2,13-17(3,15)16)6-10-8(14)7-4-11-12-5-7/h4-5,13H,6H2,1-3H3,(H,10,14)(H,11,12). The number of H-pyrrole nitrogens is 1. The van der Waals surface area contributed by atoms with E-state index in [0.717, 1.165) is 6.26 Å². The quantitative estimate of drug-likeness (QED) is 0.661. The molecule has 7 nitrogen and oxygen atoms in total. The highest BCUT2D eigenvalue weighted by molar-refractivity contribution is 7.88. The maximum Gasteiger partial charge on any atom is 0.254 e. The van der Waals surface area contributed by atoms with Gasteiger partial charge in [-0.25, -0.2) is 13.1 Å². The minimum absolute atomic E-state index is 0.185. The third kappa shape index (κ3) is 4.96. The monoisotopic (exact) mass is 260 g/mol. The average molecular weight is 260 g/mol. The maximum atomic E-state index is 11.6.